The molecular weight excluding hydrogens is 327 g/mol. The van der Waals surface area contributed by atoms with E-state index < -0.39 is 22.8 Å². The molecule has 2 aromatic heterocycles. The smallest absolute Gasteiger partial charge is 0.341 e. The van der Waals surface area contributed by atoms with Gasteiger partial charge in [0.1, 0.15) is 5.56 Å². The molecule has 7 nitrogen and oxygen atoms in total. The van der Waals surface area contributed by atoms with Crippen LogP contribution in [-0.2, 0) is 0 Å². The predicted octanol–water partition coefficient (Wildman–Crippen LogP) is 1.04. The lowest BCUT2D eigenvalue weighted by Gasteiger charge is -2.29. The summed E-state index contributed by atoms with van der Waals surface area (Å²) in [6.45, 7) is 4.87. The minimum Gasteiger partial charge on any atom is -0.477 e. The molecule has 4 heterocycles. The number of halogens is 1. The first-order valence-corrected chi connectivity index (χ1v) is 7.84. The van der Waals surface area contributed by atoms with Crippen molar-refractivity contribution in [2.24, 2.45) is 0 Å². The van der Waals surface area contributed by atoms with Gasteiger partial charge in [0.05, 0.1) is 11.6 Å². The molecule has 0 aliphatic carbocycles. The van der Waals surface area contributed by atoms with E-state index in [2.05, 4.69) is 22.6 Å². The number of piperazine rings is 1. The summed E-state index contributed by atoms with van der Waals surface area (Å²) in [4.78, 5) is 29.9. The van der Waals surface area contributed by atoms with Crippen LogP contribution in [0.1, 0.15) is 16.8 Å². The van der Waals surface area contributed by atoms with Crippen LogP contribution in [0.15, 0.2) is 29.4 Å². The topological polar surface area (TPSA) is 87.5 Å². The molecule has 2 N–H and O–H groups in total. The lowest BCUT2D eigenvalue weighted by molar-refractivity contribution is 0.0695. The van der Waals surface area contributed by atoms with Crippen LogP contribution in [-0.4, -0.2) is 45.8 Å². The number of nitrogens with one attached hydrogen (secondary N) is 1. The lowest BCUT2D eigenvalue weighted by Crippen LogP contribution is -2.44. The summed E-state index contributed by atoms with van der Waals surface area (Å²) in [6, 6.07) is 1.55. The van der Waals surface area contributed by atoms with Crippen molar-refractivity contribution in [3.63, 3.8) is 0 Å². The minimum absolute atomic E-state index is 0.0878. The van der Waals surface area contributed by atoms with E-state index in [9.17, 15) is 19.1 Å². The zero-order valence-electron chi connectivity index (χ0n) is 13.2. The highest BCUT2D eigenvalue weighted by Gasteiger charge is 2.39. The number of rotatable bonds is 3. The summed E-state index contributed by atoms with van der Waals surface area (Å²) in [6.07, 6.45) is 3.44. The number of carbonyl (C=O) groups is 1. The number of aromatic carboxylic acids is 1. The van der Waals surface area contributed by atoms with Gasteiger partial charge in [-0.1, -0.05) is 6.58 Å². The molecule has 2 bridgehead atoms. The van der Waals surface area contributed by atoms with E-state index in [1.165, 1.54) is 10.8 Å². The van der Waals surface area contributed by atoms with E-state index >= 15 is 0 Å². The van der Waals surface area contributed by atoms with E-state index in [1.807, 2.05) is 4.90 Å². The fraction of sp³-hybridized carbons (Fsp3) is 0.294. The second kappa shape index (κ2) is 5.54. The number of anilines is 1. The van der Waals surface area contributed by atoms with Gasteiger partial charge in [-0.15, -0.1) is 5.73 Å². The Labute approximate surface area is 141 Å². The molecule has 25 heavy (non-hydrogen) atoms. The number of hydrogen-bond acceptors (Lipinski definition) is 5. The zero-order valence-corrected chi connectivity index (χ0v) is 13.2. The van der Waals surface area contributed by atoms with Crippen LogP contribution in [0, 0.1) is 5.82 Å². The molecule has 2 atom stereocenters. The average molecular weight is 342 g/mol. The van der Waals surface area contributed by atoms with E-state index in [1.54, 1.807) is 0 Å². The Morgan fingerprint density at radius 3 is 2.96 bits per heavy atom. The van der Waals surface area contributed by atoms with Gasteiger partial charge < -0.3 is 15.3 Å². The van der Waals surface area contributed by atoms with Gasteiger partial charge >= 0.3 is 5.97 Å². The molecule has 8 heteroatoms. The predicted molar refractivity (Wildman–Crippen MR) is 90.4 cm³/mol. The normalized spacial score (nSPS) is 21.6. The second-order valence-electron chi connectivity index (χ2n) is 6.23. The van der Waals surface area contributed by atoms with Gasteiger partial charge in [-0.3, -0.25) is 9.36 Å². The molecule has 2 aliphatic heterocycles. The number of pyridine rings is 2. The van der Waals surface area contributed by atoms with E-state index in [0.717, 1.165) is 25.2 Å². The van der Waals surface area contributed by atoms with Crippen LogP contribution >= 0.6 is 0 Å². The third-order valence-electron chi connectivity index (χ3n) is 4.73. The summed E-state index contributed by atoms with van der Waals surface area (Å²) < 4.78 is 16.0. The Hall–Kier alpha value is -2.96. The molecule has 2 saturated heterocycles. The van der Waals surface area contributed by atoms with Crippen LogP contribution in [0.5, 0.6) is 0 Å². The Morgan fingerprint density at radius 2 is 2.36 bits per heavy atom. The van der Waals surface area contributed by atoms with Gasteiger partial charge in [0.15, 0.2) is 17.3 Å². The number of carboxylic acids is 1. The van der Waals surface area contributed by atoms with Crippen molar-refractivity contribution in [3.8, 4) is 0 Å². The van der Waals surface area contributed by atoms with Crippen LogP contribution in [0.2, 0.25) is 0 Å². The maximum absolute atomic E-state index is 14.7. The molecule has 0 spiro atoms. The van der Waals surface area contributed by atoms with Crippen molar-refractivity contribution < 1.29 is 14.3 Å². The van der Waals surface area contributed by atoms with Gasteiger partial charge in [-0.05, 0) is 12.5 Å². The standard InChI is InChI=1S/C17H15FN4O3/c1-2-3-21-8-12(17(24)25)14(23)11-5-13(18)16(20-15(11)21)22-7-9-4-10(22)6-19-9/h3,5,8-10,19H,1,4,6-7H2,(H,24,25). The summed E-state index contributed by atoms with van der Waals surface area (Å²) >= 11 is 0. The Morgan fingerprint density at radius 1 is 1.56 bits per heavy atom. The molecule has 128 valence electrons. The summed E-state index contributed by atoms with van der Waals surface area (Å²) in [5.74, 6) is -1.84. The Balaban J connectivity index is 1.97. The molecule has 2 fully saturated rings. The van der Waals surface area contributed by atoms with E-state index in [0.29, 0.717) is 12.6 Å². The third-order valence-corrected chi connectivity index (χ3v) is 4.73. The van der Waals surface area contributed by atoms with Crippen molar-refractivity contribution in [2.45, 2.75) is 18.5 Å². The molecule has 0 aromatic carbocycles. The molecule has 0 radical (unpaired) electrons. The van der Waals surface area contributed by atoms with Crippen molar-refractivity contribution in [1.82, 2.24) is 14.9 Å². The van der Waals surface area contributed by atoms with Crippen molar-refractivity contribution in [2.75, 3.05) is 18.0 Å². The SMILES string of the molecule is C=C=Cn1cc(C(=O)O)c(=O)c2cc(F)c(N3CC4CC3CN4)nc21. The maximum atomic E-state index is 14.7. The molecule has 2 aromatic rings. The third kappa shape index (κ3) is 2.34. The number of fused-ring (bicyclic) bond motifs is 3. The molecule has 2 unspecified atom stereocenters. The van der Waals surface area contributed by atoms with Crippen LogP contribution in [0.4, 0.5) is 10.2 Å². The molecule has 4 rings (SSSR count). The highest BCUT2D eigenvalue weighted by Crippen LogP contribution is 2.31. The number of nitrogens with zero attached hydrogens (tertiary/aromatic N) is 3. The van der Waals surface area contributed by atoms with Gasteiger partial charge in [0, 0.05) is 31.4 Å². The summed E-state index contributed by atoms with van der Waals surface area (Å²) in [7, 11) is 0. The first-order valence-electron chi connectivity index (χ1n) is 7.84. The van der Waals surface area contributed by atoms with Crippen LogP contribution < -0.4 is 15.6 Å². The fourth-order valence-corrected chi connectivity index (χ4v) is 3.61. The highest BCUT2D eigenvalue weighted by atomic mass is 19.1. The number of hydrogen-bond donors (Lipinski definition) is 2. The van der Waals surface area contributed by atoms with Gasteiger partial charge in [0.25, 0.3) is 0 Å². The van der Waals surface area contributed by atoms with Gasteiger partial charge in [-0.25, -0.2) is 14.2 Å². The average Bonchev–Trinajstić information content (AvgIpc) is 3.20. The maximum Gasteiger partial charge on any atom is 0.341 e. The molecular formula is C17H15FN4O3. The van der Waals surface area contributed by atoms with Gasteiger partial charge in [0.2, 0.25) is 5.43 Å². The number of carboxylic acid groups (broad SMARTS) is 1. The first kappa shape index (κ1) is 15.6. The Kier molecular flexibility index (Phi) is 3.45. The van der Waals surface area contributed by atoms with Crippen molar-refractivity contribution in [3.05, 3.63) is 46.2 Å². The zero-order chi connectivity index (χ0) is 17.7. The van der Waals surface area contributed by atoms with Crippen molar-refractivity contribution in [1.29, 1.82) is 0 Å². The monoisotopic (exact) mass is 342 g/mol. The number of aromatic nitrogens is 2. The summed E-state index contributed by atoms with van der Waals surface area (Å²) in [5, 5.41) is 12.4. The first-order chi connectivity index (χ1) is 12.0. The van der Waals surface area contributed by atoms with Crippen LogP contribution in [0.3, 0.4) is 0 Å². The molecule has 2 aliphatic rings. The Bertz CT molecular complexity index is 1010. The van der Waals surface area contributed by atoms with Crippen molar-refractivity contribution >= 4 is 29.0 Å². The summed E-state index contributed by atoms with van der Waals surface area (Å²) in [5.41, 5.74) is 1.48. The lowest BCUT2D eigenvalue weighted by atomic mass is 10.2. The fourth-order valence-electron chi connectivity index (χ4n) is 3.61. The minimum atomic E-state index is -1.38. The van der Waals surface area contributed by atoms with Gasteiger partial charge in [-0.2, -0.15) is 0 Å². The molecule has 0 saturated carbocycles. The largest absolute Gasteiger partial charge is 0.477 e. The van der Waals surface area contributed by atoms with E-state index in [-0.39, 0.29) is 22.9 Å². The van der Waals surface area contributed by atoms with E-state index in [4.69, 9.17) is 0 Å². The quantitative estimate of drug-likeness (QED) is 0.811. The highest BCUT2D eigenvalue weighted by molar-refractivity contribution is 5.92. The second-order valence-corrected chi connectivity index (χ2v) is 6.23. The van der Waals surface area contributed by atoms with Crippen LogP contribution in [0.25, 0.3) is 17.2 Å². The molecule has 0 amide bonds.